The topological polar surface area (TPSA) is 29.1 Å². The van der Waals surface area contributed by atoms with Gasteiger partial charge in [0.15, 0.2) is 0 Å². The molecule has 2 bridgehead atoms. The van der Waals surface area contributed by atoms with E-state index in [-0.39, 0.29) is 5.60 Å². The molecule has 1 radical (unpaired) electrons. The van der Waals surface area contributed by atoms with Crippen LogP contribution in [-0.4, -0.2) is 5.60 Å². The predicted octanol–water partition coefficient (Wildman–Crippen LogP) is 2.56. The summed E-state index contributed by atoms with van der Waals surface area (Å²) in [5.41, 5.74) is -0.0321. The van der Waals surface area contributed by atoms with Gasteiger partial charge in [0, 0.05) is 0 Å². The van der Waals surface area contributed by atoms with Crippen molar-refractivity contribution in [2.45, 2.75) is 45.6 Å². The number of rotatable bonds is 1. The first-order chi connectivity index (χ1) is 5.50. The highest BCUT2D eigenvalue weighted by molar-refractivity contribution is 5.09. The van der Waals surface area contributed by atoms with Crippen LogP contribution < -0.4 is 0 Å². The van der Waals surface area contributed by atoms with Crippen LogP contribution in [-0.2, 0) is 10.1 Å². The molecule has 0 saturated heterocycles. The molecule has 0 heterocycles. The van der Waals surface area contributed by atoms with Crippen molar-refractivity contribution in [3.05, 3.63) is 0 Å². The molecule has 0 aromatic carbocycles. The van der Waals surface area contributed by atoms with Gasteiger partial charge < -0.3 is 0 Å². The summed E-state index contributed by atoms with van der Waals surface area (Å²) in [6.45, 7) is 6.51. The third kappa shape index (κ3) is 0.826. The van der Waals surface area contributed by atoms with E-state index in [1.54, 1.807) is 0 Å². The molecule has 3 unspecified atom stereocenters. The first-order valence-electron chi connectivity index (χ1n) is 4.82. The van der Waals surface area contributed by atoms with Gasteiger partial charge in [0.25, 0.3) is 0 Å². The Bertz CT molecular complexity index is 198. The van der Waals surface area contributed by atoms with Crippen LogP contribution in [0, 0.1) is 17.3 Å². The van der Waals surface area contributed by atoms with Crippen LogP contribution in [0.25, 0.3) is 0 Å². The Morgan fingerprint density at radius 2 is 2.00 bits per heavy atom. The minimum atomic E-state index is -0.377. The Hall–Kier alpha value is -0.0800. The van der Waals surface area contributed by atoms with Gasteiger partial charge in [0.05, 0.1) is 0 Å². The molecule has 0 aromatic rings. The third-order valence-electron chi connectivity index (χ3n) is 4.39. The minimum absolute atomic E-state index is 0.345. The van der Waals surface area contributed by atoms with Crippen LogP contribution in [0.3, 0.4) is 0 Å². The van der Waals surface area contributed by atoms with Crippen molar-refractivity contribution in [2.24, 2.45) is 17.3 Å². The lowest BCUT2D eigenvalue weighted by Gasteiger charge is -2.62. The standard InChI is InChI=1S/C10H17O2/c1-9(2)7-4-5-10(3,12-11)8(9)6-7/h7-8H,4-6H2,1-3H3. The first-order valence-corrected chi connectivity index (χ1v) is 4.82. The molecule has 12 heavy (non-hydrogen) atoms. The van der Waals surface area contributed by atoms with E-state index in [9.17, 15) is 5.26 Å². The normalized spacial score (nSPS) is 50.0. The molecule has 3 aliphatic rings. The Labute approximate surface area is 73.8 Å². The smallest absolute Gasteiger partial charge is 0.107 e. The number of fused-ring (bicyclic) bond motifs is 2. The summed E-state index contributed by atoms with van der Waals surface area (Å²) in [6.07, 6.45) is 3.32. The van der Waals surface area contributed by atoms with Gasteiger partial charge >= 0.3 is 0 Å². The minimum Gasteiger partial charge on any atom is -0.197 e. The molecule has 0 N–H and O–H groups in total. The Morgan fingerprint density at radius 1 is 1.33 bits per heavy atom. The van der Waals surface area contributed by atoms with Crippen LogP contribution in [0.15, 0.2) is 0 Å². The molecule has 3 rings (SSSR count). The number of hydrogen-bond acceptors (Lipinski definition) is 1. The molecule has 3 atom stereocenters. The lowest BCUT2D eigenvalue weighted by molar-refractivity contribution is -0.410. The highest BCUT2D eigenvalue weighted by atomic mass is 17.1. The van der Waals surface area contributed by atoms with Crippen LogP contribution >= 0.6 is 0 Å². The van der Waals surface area contributed by atoms with Gasteiger partial charge in [-0.1, -0.05) is 13.8 Å². The molecule has 0 amide bonds. The molecule has 69 valence electrons. The fourth-order valence-electron chi connectivity index (χ4n) is 3.28. The lowest BCUT2D eigenvalue weighted by atomic mass is 9.44. The zero-order valence-electron chi connectivity index (χ0n) is 8.09. The van der Waals surface area contributed by atoms with Crippen molar-refractivity contribution >= 4 is 0 Å². The van der Waals surface area contributed by atoms with Gasteiger partial charge in [0.2, 0.25) is 0 Å². The molecule has 0 spiro atoms. The highest BCUT2D eigenvalue weighted by Gasteiger charge is 2.60. The molecule has 0 aromatic heterocycles. The van der Waals surface area contributed by atoms with Crippen molar-refractivity contribution in [1.29, 1.82) is 0 Å². The van der Waals surface area contributed by atoms with Crippen molar-refractivity contribution in [1.82, 2.24) is 0 Å². The SMILES string of the molecule is CC1(O[O])CCC2CC1C2(C)C. The summed E-state index contributed by atoms with van der Waals surface area (Å²) >= 11 is 0. The van der Waals surface area contributed by atoms with Crippen LogP contribution in [0.4, 0.5) is 0 Å². The van der Waals surface area contributed by atoms with Gasteiger partial charge in [-0.25, -0.2) is 0 Å². The van der Waals surface area contributed by atoms with Crippen molar-refractivity contribution < 1.29 is 10.1 Å². The summed E-state index contributed by atoms with van der Waals surface area (Å²) in [4.78, 5) is 4.41. The summed E-state index contributed by atoms with van der Waals surface area (Å²) in [6, 6.07) is 0. The monoisotopic (exact) mass is 169 g/mol. The lowest BCUT2D eigenvalue weighted by Crippen LogP contribution is -2.60. The molecule has 2 nitrogen and oxygen atoms in total. The molecular formula is C10H17O2. The Balaban J connectivity index is 2.21. The van der Waals surface area contributed by atoms with Crippen molar-refractivity contribution in [2.75, 3.05) is 0 Å². The quantitative estimate of drug-likeness (QED) is 0.438. The molecule has 3 aliphatic carbocycles. The maximum atomic E-state index is 10.6. The highest BCUT2D eigenvalue weighted by Crippen LogP contribution is 2.63. The van der Waals surface area contributed by atoms with Crippen LogP contribution in [0.5, 0.6) is 0 Å². The summed E-state index contributed by atoms with van der Waals surface area (Å²) < 4.78 is 0. The van der Waals surface area contributed by atoms with Gasteiger partial charge in [-0.05, 0) is 48.7 Å². The van der Waals surface area contributed by atoms with E-state index in [4.69, 9.17) is 0 Å². The average molecular weight is 169 g/mol. The average Bonchev–Trinajstić information content (AvgIpc) is 2.04. The van der Waals surface area contributed by atoms with E-state index < -0.39 is 0 Å². The van der Waals surface area contributed by atoms with E-state index in [2.05, 4.69) is 18.7 Å². The van der Waals surface area contributed by atoms with E-state index in [0.29, 0.717) is 11.3 Å². The maximum absolute atomic E-state index is 10.6. The molecule has 3 fully saturated rings. The largest absolute Gasteiger partial charge is 0.197 e. The van der Waals surface area contributed by atoms with Crippen LogP contribution in [0.1, 0.15) is 40.0 Å². The zero-order valence-corrected chi connectivity index (χ0v) is 8.09. The summed E-state index contributed by atoms with van der Waals surface area (Å²) in [7, 11) is 0. The predicted molar refractivity (Wildman–Crippen MR) is 44.8 cm³/mol. The van der Waals surface area contributed by atoms with Gasteiger partial charge in [-0.3, -0.25) is 0 Å². The van der Waals surface area contributed by atoms with E-state index in [1.165, 1.54) is 12.8 Å². The second-order valence-electron chi connectivity index (χ2n) is 5.24. The molecular weight excluding hydrogens is 152 g/mol. The van der Waals surface area contributed by atoms with E-state index in [0.717, 1.165) is 12.3 Å². The maximum Gasteiger partial charge on any atom is 0.107 e. The van der Waals surface area contributed by atoms with E-state index >= 15 is 0 Å². The van der Waals surface area contributed by atoms with Crippen molar-refractivity contribution in [3.8, 4) is 0 Å². The third-order valence-corrected chi connectivity index (χ3v) is 4.39. The fraction of sp³-hybridized carbons (Fsp3) is 1.00. The summed E-state index contributed by atoms with van der Waals surface area (Å²) in [5.74, 6) is 1.33. The van der Waals surface area contributed by atoms with E-state index in [1.807, 2.05) is 6.92 Å². The molecule has 3 saturated carbocycles. The first kappa shape index (κ1) is 8.52. The Morgan fingerprint density at radius 3 is 2.33 bits per heavy atom. The fourth-order valence-corrected chi connectivity index (χ4v) is 3.28. The van der Waals surface area contributed by atoms with Gasteiger partial charge in [-0.2, -0.15) is 4.89 Å². The zero-order chi connectivity index (χ0) is 8.98. The number of hydrogen-bond donors (Lipinski definition) is 0. The van der Waals surface area contributed by atoms with Crippen LogP contribution in [0.2, 0.25) is 0 Å². The molecule has 2 heteroatoms. The second kappa shape index (κ2) is 2.24. The Kier molecular flexibility index (Phi) is 1.59. The second-order valence-corrected chi connectivity index (χ2v) is 5.24. The van der Waals surface area contributed by atoms with Gasteiger partial charge in [-0.15, -0.1) is 0 Å². The van der Waals surface area contributed by atoms with Crippen molar-refractivity contribution in [3.63, 3.8) is 0 Å². The van der Waals surface area contributed by atoms with Gasteiger partial charge in [0.1, 0.15) is 5.60 Å². The molecule has 0 aliphatic heterocycles. The summed E-state index contributed by atoms with van der Waals surface area (Å²) in [5, 5.41) is 10.6.